The molecule has 0 fully saturated rings. The van der Waals surface area contributed by atoms with Gasteiger partial charge in [-0.05, 0) is 62.6 Å². The predicted octanol–water partition coefficient (Wildman–Crippen LogP) is 5.95. The lowest BCUT2D eigenvalue weighted by molar-refractivity contribution is -0.126. The first-order valence-electron chi connectivity index (χ1n) is 11.7. The molecule has 5 rings (SSSR count). The first-order chi connectivity index (χ1) is 16.8. The summed E-state index contributed by atoms with van der Waals surface area (Å²) in [4.78, 5) is 13.9. The molecular weight excluding hydrogens is 452 g/mol. The lowest BCUT2D eigenvalue weighted by Gasteiger charge is -2.50. The van der Waals surface area contributed by atoms with Crippen LogP contribution in [0.15, 0.2) is 66.7 Å². The van der Waals surface area contributed by atoms with Crippen LogP contribution in [0, 0.1) is 5.92 Å². The Hall–Kier alpha value is -3.61. The summed E-state index contributed by atoms with van der Waals surface area (Å²) in [5.74, 6) is 0.978. The number of fused-ring (bicyclic) bond motifs is 4. The molecule has 2 heterocycles. The van der Waals surface area contributed by atoms with E-state index in [0.717, 1.165) is 22.4 Å². The number of alkyl halides is 2. The maximum Gasteiger partial charge on any atom is 0.387 e. The van der Waals surface area contributed by atoms with Gasteiger partial charge in [-0.15, -0.1) is 0 Å². The van der Waals surface area contributed by atoms with E-state index in [4.69, 9.17) is 9.47 Å². The van der Waals surface area contributed by atoms with Gasteiger partial charge in [0.25, 0.3) is 0 Å². The van der Waals surface area contributed by atoms with Gasteiger partial charge in [0.15, 0.2) is 0 Å². The quantitative estimate of drug-likeness (QED) is 0.474. The van der Waals surface area contributed by atoms with Gasteiger partial charge in [0.2, 0.25) is 5.91 Å². The van der Waals surface area contributed by atoms with Crippen LogP contribution in [0.5, 0.6) is 17.2 Å². The van der Waals surface area contributed by atoms with Gasteiger partial charge in [0, 0.05) is 23.2 Å². The summed E-state index contributed by atoms with van der Waals surface area (Å²) in [6, 6.07) is 19.9. The van der Waals surface area contributed by atoms with Crippen molar-refractivity contribution in [1.82, 2.24) is 0 Å². The van der Waals surface area contributed by atoms with Crippen molar-refractivity contribution < 1.29 is 27.8 Å². The normalized spacial score (nSPS) is 21.8. The molecule has 0 saturated heterocycles. The number of carbonyl (C=O) groups is 1. The number of benzene rings is 3. The average molecular weight is 480 g/mol. The summed E-state index contributed by atoms with van der Waals surface area (Å²) in [6.07, 6.45) is 0.483. The fourth-order valence-corrected chi connectivity index (χ4v) is 5.57. The molecule has 3 aromatic rings. The molecule has 1 unspecified atom stereocenters. The lowest BCUT2D eigenvalue weighted by Crippen LogP contribution is -2.58. The van der Waals surface area contributed by atoms with Crippen LogP contribution in [0.25, 0.3) is 0 Å². The van der Waals surface area contributed by atoms with Crippen LogP contribution in [-0.2, 0) is 16.6 Å². The Labute approximate surface area is 203 Å². The summed E-state index contributed by atoms with van der Waals surface area (Å²) in [7, 11) is 0. The Morgan fingerprint density at radius 1 is 1.00 bits per heavy atom. The van der Waals surface area contributed by atoms with Gasteiger partial charge in [-0.25, -0.2) is 0 Å². The Morgan fingerprint density at radius 3 is 2.43 bits per heavy atom. The summed E-state index contributed by atoms with van der Waals surface area (Å²) in [5, 5.41) is 3.09. The lowest BCUT2D eigenvalue weighted by atomic mass is 9.58. The van der Waals surface area contributed by atoms with Gasteiger partial charge in [0.1, 0.15) is 28.3 Å². The highest BCUT2D eigenvalue weighted by Gasteiger charge is 2.62. The molecule has 7 heteroatoms. The highest BCUT2D eigenvalue weighted by molar-refractivity contribution is 6.09. The molecule has 2 atom stereocenters. The van der Waals surface area contributed by atoms with Crippen molar-refractivity contribution >= 4 is 11.6 Å². The van der Waals surface area contributed by atoms with E-state index < -0.39 is 17.6 Å². The maximum atomic E-state index is 13.9. The van der Waals surface area contributed by atoms with Crippen LogP contribution >= 0.6 is 0 Å². The fraction of sp³-hybridized carbons (Fsp3) is 0.321. The molecule has 0 aliphatic carbocycles. The minimum atomic E-state index is -2.88. The number of rotatable bonds is 6. The molecular formula is C28H27F2NO4. The summed E-state index contributed by atoms with van der Waals surface area (Å²) >= 11 is 0. The Kier molecular flexibility index (Phi) is 5.66. The van der Waals surface area contributed by atoms with E-state index in [-0.39, 0.29) is 17.6 Å². The van der Waals surface area contributed by atoms with Gasteiger partial charge in [-0.1, -0.05) is 36.4 Å². The van der Waals surface area contributed by atoms with Gasteiger partial charge in [0.05, 0.1) is 6.61 Å². The monoisotopic (exact) mass is 479 g/mol. The number of halogens is 2. The number of para-hydroxylation sites is 1. The maximum absolute atomic E-state index is 13.9. The predicted molar refractivity (Wildman–Crippen MR) is 128 cm³/mol. The first kappa shape index (κ1) is 23.1. The summed E-state index contributed by atoms with van der Waals surface area (Å²) < 4.78 is 41.9. The third kappa shape index (κ3) is 3.79. The standard InChI is InChI=1S/C28H27F2NO4/c1-4-33-19-13-14-21-23(16-19)35-27(2,3)24(15-17-9-11-18(12-10-17)34-26(29)30)28(21)20-7-5-6-8-22(20)31-25(28)32/h5-14,16,24,26H,4,15H2,1-3H3,(H,31,32)/t24?,28-/m1/s1. The van der Waals surface area contributed by atoms with Gasteiger partial charge >= 0.3 is 6.61 Å². The molecule has 0 radical (unpaired) electrons. The molecule has 1 N–H and O–H groups in total. The van der Waals surface area contributed by atoms with Crippen LogP contribution in [0.2, 0.25) is 0 Å². The van der Waals surface area contributed by atoms with Gasteiger partial charge < -0.3 is 19.5 Å². The number of carbonyl (C=O) groups excluding carboxylic acids is 1. The molecule has 0 saturated carbocycles. The number of amides is 1. The molecule has 2 aliphatic rings. The van der Waals surface area contributed by atoms with Crippen LogP contribution in [-0.4, -0.2) is 24.7 Å². The SMILES string of the molecule is CCOc1ccc2c(c1)OC(C)(C)C(Cc1ccc(OC(F)F)cc1)[C@]21C(=O)Nc2ccccc21. The highest BCUT2D eigenvalue weighted by Crippen LogP contribution is 2.58. The summed E-state index contributed by atoms with van der Waals surface area (Å²) in [6.45, 7) is 3.52. The van der Waals surface area contributed by atoms with Crippen molar-refractivity contribution in [1.29, 1.82) is 0 Å². The zero-order chi connectivity index (χ0) is 24.8. The molecule has 35 heavy (non-hydrogen) atoms. The van der Waals surface area contributed by atoms with Crippen LogP contribution in [0.1, 0.15) is 37.5 Å². The average Bonchev–Trinajstić information content (AvgIpc) is 3.09. The minimum Gasteiger partial charge on any atom is -0.494 e. The number of hydrogen-bond donors (Lipinski definition) is 1. The third-order valence-electron chi connectivity index (χ3n) is 6.97. The van der Waals surface area contributed by atoms with Crippen LogP contribution in [0.3, 0.4) is 0 Å². The molecule has 2 aliphatic heterocycles. The Bertz CT molecular complexity index is 1260. The van der Waals surface area contributed by atoms with Crippen LogP contribution in [0.4, 0.5) is 14.5 Å². The van der Waals surface area contributed by atoms with E-state index in [1.165, 1.54) is 12.1 Å². The van der Waals surface area contributed by atoms with Crippen molar-refractivity contribution in [3.05, 3.63) is 83.4 Å². The molecule has 5 nitrogen and oxygen atoms in total. The Balaban J connectivity index is 1.66. The van der Waals surface area contributed by atoms with Crippen molar-refractivity contribution in [2.75, 3.05) is 11.9 Å². The largest absolute Gasteiger partial charge is 0.494 e. The molecule has 182 valence electrons. The van der Waals surface area contributed by atoms with Crippen molar-refractivity contribution in [2.24, 2.45) is 5.92 Å². The van der Waals surface area contributed by atoms with E-state index in [2.05, 4.69) is 10.1 Å². The smallest absolute Gasteiger partial charge is 0.387 e. The van der Waals surface area contributed by atoms with Crippen molar-refractivity contribution in [3.63, 3.8) is 0 Å². The third-order valence-corrected chi connectivity index (χ3v) is 6.97. The molecule has 1 spiro atoms. The number of anilines is 1. The van der Waals surface area contributed by atoms with E-state index in [9.17, 15) is 13.6 Å². The molecule has 0 aromatic heterocycles. The second kappa shape index (κ2) is 8.56. The van der Waals surface area contributed by atoms with Crippen molar-refractivity contribution in [2.45, 2.75) is 44.8 Å². The molecule has 0 bridgehead atoms. The Morgan fingerprint density at radius 2 is 1.71 bits per heavy atom. The second-order valence-electron chi connectivity index (χ2n) is 9.38. The van der Waals surface area contributed by atoms with Crippen LogP contribution < -0.4 is 19.5 Å². The fourth-order valence-electron chi connectivity index (χ4n) is 5.57. The van der Waals surface area contributed by atoms with Gasteiger partial charge in [-0.3, -0.25) is 4.79 Å². The van der Waals surface area contributed by atoms with Crippen molar-refractivity contribution in [3.8, 4) is 17.2 Å². The number of ether oxygens (including phenoxy) is 3. The first-order valence-corrected chi connectivity index (χ1v) is 11.7. The van der Waals surface area contributed by atoms with E-state index in [1.54, 1.807) is 12.1 Å². The minimum absolute atomic E-state index is 0.0929. The molecule has 3 aromatic carbocycles. The van der Waals surface area contributed by atoms with Gasteiger partial charge in [-0.2, -0.15) is 8.78 Å². The highest BCUT2D eigenvalue weighted by atomic mass is 19.3. The van der Waals surface area contributed by atoms with E-state index in [0.29, 0.717) is 24.5 Å². The molecule has 1 amide bonds. The topological polar surface area (TPSA) is 56.8 Å². The zero-order valence-corrected chi connectivity index (χ0v) is 19.8. The van der Waals surface area contributed by atoms with E-state index >= 15 is 0 Å². The second-order valence-corrected chi connectivity index (χ2v) is 9.38. The number of hydrogen-bond acceptors (Lipinski definition) is 4. The van der Waals surface area contributed by atoms with E-state index in [1.807, 2.05) is 63.2 Å². The zero-order valence-electron chi connectivity index (χ0n) is 19.8. The number of nitrogens with one attached hydrogen (secondary N) is 1. The summed E-state index contributed by atoms with van der Waals surface area (Å²) in [5.41, 5.74) is 1.60.